The van der Waals surface area contributed by atoms with Crippen LogP contribution in [0.1, 0.15) is 15.9 Å². The molecule has 0 bridgehead atoms. The molecular weight excluding hydrogens is 380 g/mol. The predicted molar refractivity (Wildman–Crippen MR) is 104 cm³/mol. The number of sulfonamides is 1. The molecule has 0 aliphatic rings. The maximum atomic E-state index is 12.4. The predicted octanol–water partition coefficient (Wildman–Crippen LogP) is 1.91. The average Bonchev–Trinajstić information content (AvgIpc) is 2.66. The van der Waals surface area contributed by atoms with Gasteiger partial charge in [0.05, 0.1) is 4.90 Å². The fourth-order valence-corrected chi connectivity index (χ4v) is 3.35. The Morgan fingerprint density at radius 2 is 1.61 bits per heavy atom. The molecule has 4 N–H and O–H groups in total. The third-order valence-electron chi connectivity index (χ3n) is 4.30. The number of hydrogen-bond acceptors (Lipinski definition) is 4. The Labute approximate surface area is 161 Å². The number of carbonyl (C=O) groups is 2. The quantitative estimate of drug-likeness (QED) is 0.585. The van der Waals surface area contributed by atoms with Gasteiger partial charge in [-0.2, -0.15) is 0 Å². The van der Waals surface area contributed by atoms with E-state index in [1.54, 1.807) is 0 Å². The second kappa shape index (κ2) is 7.79. The number of amides is 1. The van der Waals surface area contributed by atoms with Crippen LogP contribution in [-0.2, 0) is 21.2 Å². The zero-order valence-corrected chi connectivity index (χ0v) is 15.5. The van der Waals surface area contributed by atoms with Crippen molar-refractivity contribution in [1.82, 2.24) is 5.32 Å². The maximum Gasteiger partial charge on any atom is 0.326 e. The van der Waals surface area contributed by atoms with Crippen LogP contribution in [0.25, 0.3) is 10.8 Å². The van der Waals surface area contributed by atoms with E-state index in [1.807, 2.05) is 42.5 Å². The number of carbonyl (C=O) groups excluding carboxylic acids is 1. The number of carboxylic acids is 1. The van der Waals surface area contributed by atoms with Gasteiger partial charge in [0, 0.05) is 12.0 Å². The van der Waals surface area contributed by atoms with Gasteiger partial charge >= 0.3 is 5.97 Å². The summed E-state index contributed by atoms with van der Waals surface area (Å²) in [6, 6.07) is 17.1. The first-order valence-corrected chi connectivity index (χ1v) is 9.93. The van der Waals surface area contributed by atoms with E-state index in [0.29, 0.717) is 0 Å². The number of nitrogens with one attached hydrogen (secondary N) is 1. The first-order valence-electron chi connectivity index (χ1n) is 8.38. The van der Waals surface area contributed by atoms with Gasteiger partial charge < -0.3 is 10.4 Å². The van der Waals surface area contributed by atoms with Crippen LogP contribution in [0.3, 0.4) is 0 Å². The van der Waals surface area contributed by atoms with Crippen LogP contribution in [0.5, 0.6) is 0 Å². The molecule has 0 aromatic heterocycles. The second-order valence-corrected chi connectivity index (χ2v) is 7.88. The Morgan fingerprint density at radius 1 is 0.964 bits per heavy atom. The van der Waals surface area contributed by atoms with Crippen molar-refractivity contribution in [3.8, 4) is 0 Å². The van der Waals surface area contributed by atoms with Crippen LogP contribution in [0.4, 0.5) is 0 Å². The molecule has 0 aliphatic carbocycles. The Hall–Kier alpha value is -3.23. The van der Waals surface area contributed by atoms with Gasteiger partial charge in [-0.05, 0) is 40.6 Å². The molecule has 3 rings (SSSR count). The molecule has 8 heteroatoms. The highest BCUT2D eigenvalue weighted by Crippen LogP contribution is 2.17. The zero-order valence-electron chi connectivity index (χ0n) is 14.7. The van der Waals surface area contributed by atoms with Crippen LogP contribution >= 0.6 is 0 Å². The molecular formula is C20H18N2O5S. The van der Waals surface area contributed by atoms with E-state index in [4.69, 9.17) is 5.14 Å². The van der Waals surface area contributed by atoms with Gasteiger partial charge in [0.1, 0.15) is 6.04 Å². The van der Waals surface area contributed by atoms with Gasteiger partial charge in [0.15, 0.2) is 0 Å². The summed E-state index contributed by atoms with van der Waals surface area (Å²) in [7, 11) is -3.87. The zero-order chi connectivity index (χ0) is 20.3. The molecule has 0 saturated heterocycles. The van der Waals surface area contributed by atoms with Gasteiger partial charge in [-0.1, -0.05) is 42.5 Å². The van der Waals surface area contributed by atoms with Gasteiger partial charge in [0.25, 0.3) is 5.91 Å². The SMILES string of the molecule is NS(=O)(=O)c1ccc(C(=O)NC(Cc2ccc3ccccc3c2)C(=O)O)cc1. The van der Waals surface area contributed by atoms with Crippen molar-refractivity contribution >= 4 is 32.7 Å². The van der Waals surface area contributed by atoms with Crippen molar-refractivity contribution in [3.05, 3.63) is 77.9 Å². The third-order valence-corrected chi connectivity index (χ3v) is 5.23. The molecule has 1 atom stereocenters. The van der Waals surface area contributed by atoms with E-state index in [1.165, 1.54) is 24.3 Å². The fraction of sp³-hybridized carbons (Fsp3) is 0.100. The fourth-order valence-electron chi connectivity index (χ4n) is 2.84. The highest BCUT2D eigenvalue weighted by Gasteiger charge is 2.21. The van der Waals surface area contributed by atoms with Crippen molar-refractivity contribution in [1.29, 1.82) is 0 Å². The van der Waals surface area contributed by atoms with Crippen LogP contribution in [0, 0.1) is 0 Å². The van der Waals surface area contributed by atoms with Crippen LogP contribution in [0.2, 0.25) is 0 Å². The summed E-state index contributed by atoms with van der Waals surface area (Å²) in [6.07, 6.45) is 0.112. The molecule has 0 fully saturated rings. The Morgan fingerprint density at radius 3 is 2.21 bits per heavy atom. The highest BCUT2D eigenvalue weighted by atomic mass is 32.2. The molecule has 144 valence electrons. The summed E-state index contributed by atoms with van der Waals surface area (Å²) in [4.78, 5) is 23.8. The van der Waals surface area contributed by atoms with Gasteiger partial charge in [-0.3, -0.25) is 4.79 Å². The normalized spacial score (nSPS) is 12.5. The molecule has 0 radical (unpaired) electrons. The molecule has 3 aromatic rings. The molecule has 0 aliphatic heterocycles. The minimum absolute atomic E-state index is 0.112. The molecule has 0 saturated carbocycles. The smallest absolute Gasteiger partial charge is 0.326 e. The van der Waals surface area contributed by atoms with E-state index < -0.39 is 27.9 Å². The molecule has 1 amide bonds. The number of aliphatic carboxylic acids is 1. The summed E-state index contributed by atoms with van der Waals surface area (Å²) in [5, 5.41) is 19.0. The van der Waals surface area contributed by atoms with Gasteiger partial charge in [-0.15, -0.1) is 0 Å². The molecule has 7 nitrogen and oxygen atoms in total. The van der Waals surface area contributed by atoms with Crippen LogP contribution < -0.4 is 10.5 Å². The summed E-state index contributed by atoms with van der Waals surface area (Å²) < 4.78 is 22.6. The minimum atomic E-state index is -3.87. The number of hydrogen-bond donors (Lipinski definition) is 3. The van der Waals surface area contributed by atoms with E-state index >= 15 is 0 Å². The summed E-state index contributed by atoms with van der Waals surface area (Å²) in [5.74, 6) is -1.78. The molecule has 28 heavy (non-hydrogen) atoms. The third kappa shape index (κ3) is 4.54. The summed E-state index contributed by atoms with van der Waals surface area (Å²) in [6.45, 7) is 0. The molecule has 0 spiro atoms. The Kier molecular flexibility index (Phi) is 5.43. The Bertz CT molecular complexity index is 1140. The van der Waals surface area contributed by atoms with E-state index in [9.17, 15) is 23.1 Å². The number of primary sulfonamides is 1. The van der Waals surface area contributed by atoms with Gasteiger partial charge in [-0.25, -0.2) is 18.4 Å². The summed E-state index contributed by atoms with van der Waals surface area (Å²) in [5.41, 5.74) is 0.910. The second-order valence-electron chi connectivity index (χ2n) is 6.32. The van der Waals surface area contributed by atoms with Crippen molar-refractivity contribution in [3.63, 3.8) is 0 Å². The van der Waals surface area contributed by atoms with Crippen molar-refractivity contribution in [2.24, 2.45) is 5.14 Å². The lowest BCUT2D eigenvalue weighted by molar-refractivity contribution is -0.139. The van der Waals surface area contributed by atoms with Crippen molar-refractivity contribution in [2.75, 3.05) is 0 Å². The highest BCUT2D eigenvalue weighted by molar-refractivity contribution is 7.89. The van der Waals surface area contributed by atoms with E-state index in [-0.39, 0.29) is 16.9 Å². The monoisotopic (exact) mass is 398 g/mol. The lowest BCUT2D eigenvalue weighted by Crippen LogP contribution is -2.42. The number of carboxylic acid groups (broad SMARTS) is 1. The standard InChI is InChI=1S/C20H18N2O5S/c21-28(26,27)17-9-7-15(8-10-17)19(23)22-18(20(24)25)12-13-5-6-14-3-1-2-4-16(14)11-13/h1-11,18H,12H2,(H,22,23)(H,24,25)(H2,21,26,27). The maximum absolute atomic E-state index is 12.4. The van der Waals surface area contributed by atoms with Crippen LogP contribution in [-0.4, -0.2) is 31.4 Å². The summed E-state index contributed by atoms with van der Waals surface area (Å²) >= 11 is 0. The van der Waals surface area contributed by atoms with E-state index in [0.717, 1.165) is 16.3 Å². The first-order chi connectivity index (χ1) is 13.2. The molecule has 0 heterocycles. The topological polar surface area (TPSA) is 127 Å². The number of nitrogens with two attached hydrogens (primary N) is 1. The number of benzene rings is 3. The lowest BCUT2D eigenvalue weighted by atomic mass is 10.0. The first kappa shape index (κ1) is 19.5. The molecule has 1 unspecified atom stereocenters. The van der Waals surface area contributed by atoms with Crippen LogP contribution in [0.15, 0.2) is 71.6 Å². The Balaban J connectivity index is 1.76. The minimum Gasteiger partial charge on any atom is -0.480 e. The number of fused-ring (bicyclic) bond motifs is 1. The van der Waals surface area contributed by atoms with Gasteiger partial charge in [0.2, 0.25) is 10.0 Å². The largest absolute Gasteiger partial charge is 0.480 e. The van der Waals surface area contributed by atoms with Crippen molar-refractivity contribution < 1.29 is 23.1 Å². The average molecular weight is 398 g/mol. The lowest BCUT2D eigenvalue weighted by Gasteiger charge is -2.15. The van der Waals surface area contributed by atoms with Crippen molar-refractivity contribution in [2.45, 2.75) is 17.4 Å². The molecule has 3 aromatic carbocycles. The number of rotatable bonds is 6. The van der Waals surface area contributed by atoms with E-state index in [2.05, 4.69) is 5.32 Å².